The molecule has 0 aliphatic heterocycles. The number of esters is 2. The van der Waals surface area contributed by atoms with Crippen LogP contribution in [-0.4, -0.2) is 32.6 Å². The Bertz CT molecular complexity index is 736. The maximum Gasteiger partial charge on any atom is 0.303 e. The summed E-state index contributed by atoms with van der Waals surface area (Å²) >= 11 is 0. The van der Waals surface area contributed by atoms with Gasteiger partial charge in [0.05, 0.1) is 9.80 Å². The molecule has 0 amide bonds. The van der Waals surface area contributed by atoms with Crippen LogP contribution in [0.5, 0.6) is 0 Å². The Hall–Kier alpha value is -2.15. The maximum atomic E-state index is 12.9. The van der Waals surface area contributed by atoms with Gasteiger partial charge in [-0.2, -0.15) is 0 Å². The molecule has 24 heavy (non-hydrogen) atoms. The molecule has 0 aromatic heterocycles. The summed E-state index contributed by atoms with van der Waals surface area (Å²) in [5.74, 6) is -0.957. The van der Waals surface area contributed by atoms with Gasteiger partial charge in [-0.25, -0.2) is 8.42 Å². The minimum Gasteiger partial charge on any atom is -0.462 e. The molecule has 1 aromatic rings. The van der Waals surface area contributed by atoms with Crippen molar-refractivity contribution in [3.8, 4) is 0 Å². The van der Waals surface area contributed by atoms with Gasteiger partial charge in [-0.3, -0.25) is 9.59 Å². The monoisotopic (exact) mass is 352 g/mol. The molecule has 0 bridgehead atoms. The molecule has 0 fully saturated rings. The molecule has 1 aromatic carbocycles. The number of carbonyl (C=O) groups excluding carboxylic acids is 2. The Morgan fingerprint density at radius 3 is 2.21 bits per heavy atom. The molecular formula is C17H20O6S. The summed E-state index contributed by atoms with van der Waals surface area (Å²) in [5.41, 5.74) is 0. The van der Waals surface area contributed by atoms with Gasteiger partial charge < -0.3 is 9.47 Å². The van der Waals surface area contributed by atoms with Gasteiger partial charge in [0.15, 0.2) is 0 Å². The molecule has 0 spiro atoms. The van der Waals surface area contributed by atoms with Gasteiger partial charge in [-0.15, -0.1) is 0 Å². The zero-order valence-electron chi connectivity index (χ0n) is 13.6. The Kier molecular flexibility index (Phi) is 5.77. The number of hydrogen-bond donors (Lipinski definition) is 0. The lowest BCUT2D eigenvalue weighted by Gasteiger charge is -2.16. The highest BCUT2D eigenvalue weighted by molar-refractivity contribution is 7.95. The topological polar surface area (TPSA) is 86.7 Å². The summed E-state index contributed by atoms with van der Waals surface area (Å²) in [4.78, 5) is 22.7. The van der Waals surface area contributed by atoms with E-state index in [-0.39, 0.29) is 16.2 Å². The van der Waals surface area contributed by atoms with E-state index < -0.39 is 34.0 Å². The predicted molar refractivity (Wildman–Crippen MR) is 86.7 cm³/mol. The molecular weight excluding hydrogens is 332 g/mol. The van der Waals surface area contributed by atoms with Gasteiger partial charge in [0.25, 0.3) is 0 Å². The molecule has 1 aliphatic rings. The van der Waals surface area contributed by atoms with Crippen molar-refractivity contribution in [2.24, 2.45) is 0 Å². The molecule has 0 saturated heterocycles. The van der Waals surface area contributed by atoms with Crippen molar-refractivity contribution in [2.75, 3.05) is 0 Å². The van der Waals surface area contributed by atoms with E-state index in [9.17, 15) is 18.0 Å². The number of hydrogen-bond acceptors (Lipinski definition) is 6. The summed E-state index contributed by atoms with van der Waals surface area (Å²) in [7, 11) is -3.74. The molecule has 0 heterocycles. The highest BCUT2D eigenvalue weighted by Crippen LogP contribution is 2.30. The third kappa shape index (κ3) is 4.67. The van der Waals surface area contributed by atoms with Crippen molar-refractivity contribution in [2.45, 2.75) is 50.2 Å². The van der Waals surface area contributed by atoms with Gasteiger partial charge >= 0.3 is 11.9 Å². The second kappa shape index (κ2) is 7.61. The van der Waals surface area contributed by atoms with Crippen LogP contribution in [0.4, 0.5) is 0 Å². The van der Waals surface area contributed by atoms with Crippen LogP contribution < -0.4 is 0 Å². The first-order valence-corrected chi connectivity index (χ1v) is 9.12. The van der Waals surface area contributed by atoms with E-state index in [4.69, 9.17) is 9.47 Å². The molecule has 1 aliphatic carbocycles. The molecule has 6 nitrogen and oxygen atoms in total. The van der Waals surface area contributed by atoms with Crippen molar-refractivity contribution in [1.29, 1.82) is 0 Å². The quantitative estimate of drug-likeness (QED) is 0.773. The highest BCUT2D eigenvalue weighted by Gasteiger charge is 2.30. The van der Waals surface area contributed by atoms with Crippen LogP contribution in [0.1, 0.15) is 33.1 Å². The third-order valence-electron chi connectivity index (χ3n) is 3.62. The fourth-order valence-corrected chi connectivity index (χ4v) is 4.18. The Morgan fingerprint density at radius 1 is 1.00 bits per heavy atom. The largest absolute Gasteiger partial charge is 0.462 e. The molecule has 0 unspecified atom stereocenters. The first kappa shape index (κ1) is 18.2. The van der Waals surface area contributed by atoms with Gasteiger partial charge in [0, 0.05) is 20.3 Å². The van der Waals surface area contributed by atoms with Crippen molar-refractivity contribution < 1.29 is 27.5 Å². The van der Waals surface area contributed by atoms with Crippen molar-refractivity contribution in [1.82, 2.24) is 0 Å². The average Bonchev–Trinajstić information content (AvgIpc) is 2.70. The molecule has 0 saturated carbocycles. The Labute approximate surface area is 141 Å². The van der Waals surface area contributed by atoms with Crippen LogP contribution in [0.3, 0.4) is 0 Å². The van der Waals surface area contributed by atoms with E-state index >= 15 is 0 Å². The van der Waals surface area contributed by atoms with Gasteiger partial charge in [0.2, 0.25) is 9.84 Å². The number of carbonyl (C=O) groups is 2. The van der Waals surface area contributed by atoms with Gasteiger partial charge in [-0.1, -0.05) is 18.2 Å². The van der Waals surface area contributed by atoms with Gasteiger partial charge in [-0.05, 0) is 31.1 Å². The molecule has 0 radical (unpaired) electrons. The lowest BCUT2D eigenvalue weighted by molar-refractivity contribution is -0.148. The van der Waals surface area contributed by atoms with Crippen LogP contribution in [-0.2, 0) is 28.9 Å². The summed E-state index contributed by atoms with van der Waals surface area (Å²) in [6.45, 7) is 2.55. The van der Waals surface area contributed by atoms with Crippen LogP contribution in [0.2, 0.25) is 0 Å². The van der Waals surface area contributed by atoms with E-state index in [1.165, 1.54) is 32.1 Å². The first-order chi connectivity index (χ1) is 11.3. The smallest absolute Gasteiger partial charge is 0.303 e. The summed E-state index contributed by atoms with van der Waals surface area (Å²) in [5, 5.41) is 0. The Morgan fingerprint density at radius 2 is 1.62 bits per heavy atom. The van der Waals surface area contributed by atoms with E-state index in [0.717, 1.165) is 0 Å². The van der Waals surface area contributed by atoms with E-state index in [0.29, 0.717) is 12.8 Å². The Balaban J connectivity index is 2.37. The lowest BCUT2D eigenvalue weighted by atomic mass is 10.1. The van der Waals surface area contributed by atoms with Crippen molar-refractivity contribution in [3.05, 3.63) is 41.3 Å². The number of benzene rings is 1. The van der Waals surface area contributed by atoms with E-state index in [2.05, 4.69) is 0 Å². The summed E-state index contributed by atoms with van der Waals surface area (Å²) in [6.07, 6.45) is 1.11. The SMILES string of the molecule is CC(=O)O[C@@H]1CC[C@@H](OC(C)=O)C=C(S(=O)(=O)c2ccccc2)C1. The molecule has 130 valence electrons. The summed E-state index contributed by atoms with van der Waals surface area (Å²) < 4.78 is 36.1. The summed E-state index contributed by atoms with van der Waals surface area (Å²) in [6, 6.07) is 8.00. The standard InChI is InChI=1S/C17H20O6S/c1-12(18)22-14-8-9-15(23-13(2)19)11-17(10-14)24(20,21)16-6-4-3-5-7-16/h3-7,10,14-15H,8-9,11H2,1-2H3/t14-,15-/m1/s1. The molecule has 0 N–H and O–H groups in total. The predicted octanol–water partition coefficient (Wildman–Crippen LogP) is 2.39. The molecule has 2 rings (SSSR count). The van der Waals surface area contributed by atoms with Crippen LogP contribution in [0, 0.1) is 0 Å². The van der Waals surface area contributed by atoms with Crippen molar-refractivity contribution in [3.63, 3.8) is 0 Å². The normalized spacial score (nSPS) is 21.3. The number of rotatable bonds is 4. The second-order valence-electron chi connectivity index (χ2n) is 5.61. The fourth-order valence-electron chi connectivity index (χ4n) is 2.63. The zero-order chi connectivity index (χ0) is 17.7. The van der Waals surface area contributed by atoms with Crippen LogP contribution >= 0.6 is 0 Å². The van der Waals surface area contributed by atoms with E-state index in [1.54, 1.807) is 18.2 Å². The minimum absolute atomic E-state index is 0.0641. The third-order valence-corrected chi connectivity index (χ3v) is 5.51. The molecule has 7 heteroatoms. The molecule has 2 atom stereocenters. The second-order valence-corrected chi connectivity index (χ2v) is 7.61. The van der Waals surface area contributed by atoms with E-state index in [1.807, 2.05) is 0 Å². The first-order valence-electron chi connectivity index (χ1n) is 7.64. The zero-order valence-corrected chi connectivity index (χ0v) is 14.4. The van der Waals surface area contributed by atoms with Crippen molar-refractivity contribution >= 4 is 21.8 Å². The highest BCUT2D eigenvalue weighted by atomic mass is 32.2. The number of sulfone groups is 1. The lowest BCUT2D eigenvalue weighted by Crippen LogP contribution is -2.19. The minimum atomic E-state index is -3.74. The van der Waals surface area contributed by atoms with Crippen LogP contribution in [0.15, 0.2) is 46.2 Å². The number of ether oxygens (including phenoxy) is 2. The maximum absolute atomic E-state index is 12.9. The van der Waals surface area contributed by atoms with Gasteiger partial charge in [0.1, 0.15) is 12.2 Å². The fraction of sp³-hybridized carbons (Fsp3) is 0.412. The average molecular weight is 352 g/mol. The van der Waals surface area contributed by atoms with Crippen LogP contribution in [0.25, 0.3) is 0 Å².